The number of nitrogens with zero attached hydrogens (tertiary/aromatic N) is 3. The van der Waals surface area contributed by atoms with Gasteiger partial charge in [0.2, 0.25) is 0 Å². The fourth-order valence-electron chi connectivity index (χ4n) is 7.44. The number of anilines is 3. The Kier molecular flexibility index (Phi) is 7.96. The summed E-state index contributed by atoms with van der Waals surface area (Å²) in [6, 6.07) is 36.5. The second-order valence-electron chi connectivity index (χ2n) is 14.9. The van der Waals surface area contributed by atoms with Crippen LogP contribution in [0.3, 0.4) is 0 Å². The predicted octanol–water partition coefficient (Wildman–Crippen LogP) is 10.8. The molecule has 49 heavy (non-hydrogen) atoms. The molecular weight excluding hydrogens is 806 g/mol. The minimum absolute atomic E-state index is 0. The number of aromatic nitrogens is 1. The maximum absolute atomic E-state index is 6.86. The Hall–Kier alpha value is -3.86. The van der Waals surface area contributed by atoms with Crippen LogP contribution in [-0.4, -0.2) is 16.5 Å². The van der Waals surface area contributed by atoms with E-state index >= 15 is 0 Å². The predicted molar refractivity (Wildman–Crippen MR) is 194 cm³/mol. The standard InChI is InChI=1S/C42H39N3O2S.Pt/c1-26-21-27(38-44-41(7)32-14-10-9-13-31(32)40(5,6)42(41,8)47-38)23-30(22-26)46-29-17-18-36-34(25-29)45(33-15-11-12-16-35(33)48-36)37-24-28(19-20-43-37)39(2,3)4;/h9-22,24H,1-8H3;/q-2;+2/t41-,42+;/m1./s1. The van der Waals surface area contributed by atoms with Gasteiger partial charge in [0.05, 0.1) is 5.69 Å². The van der Waals surface area contributed by atoms with Crippen LogP contribution in [-0.2, 0) is 42.2 Å². The molecule has 0 fully saturated rings. The first-order valence-corrected chi connectivity index (χ1v) is 17.3. The van der Waals surface area contributed by atoms with Crippen molar-refractivity contribution in [3.05, 3.63) is 131 Å². The average molecular weight is 845 g/mol. The molecule has 0 spiro atoms. The minimum atomic E-state index is -0.556. The molecule has 4 aromatic carbocycles. The van der Waals surface area contributed by atoms with Gasteiger partial charge in [0.1, 0.15) is 22.9 Å². The first kappa shape index (κ1) is 33.6. The molecule has 8 rings (SSSR count). The first-order valence-electron chi connectivity index (χ1n) is 16.5. The molecule has 0 N–H and O–H groups in total. The number of hydrogen-bond donors (Lipinski definition) is 0. The fraction of sp³-hybridized carbons (Fsp3) is 0.286. The molecule has 0 saturated carbocycles. The van der Waals surface area contributed by atoms with Crippen molar-refractivity contribution in [3.63, 3.8) is 0 Å². The Bertz CT molecular complexity index is 2150. The molecule has 1 aliphatic carbocycles. The molecule has 0 unspecified atom stereocenters. The van der Waals surface area contributed by atoms with Crippen molar-refractivity contribution in [2.45, 2.75) is 87.2 Å². The summed E-state index contributed by atoms with van der Waals surface area (Å²) in [4.78, 5) is 14.6. The van der Waals surface area contributed by atoms with Gasteiger partial charge in [-0.15, -0.1) is 23.8 Å². The number of ether oxygens (including phenoxy) is 2. The maximum atomic E-state index is 6.86. The van der Waals surface area contributed by atoms with E-state index in [0.29, 0.717) is 17.4 Å². The van der Waals surface area contributed by atoms with Crippen LogP contribution in [0.15, 0.2) is 106 Å². The maximum Gasteiger partial charge on any atom is 2.00 e. The monoisotopic (exact) mass is 844 g/mol. The van der Waals surface area contributed by atoms with Crippen molar-refractivity contribution in [1.82, 2.24) is 4.98 Å². The van der Waals surface area contributed by atoms with Gasteiger partial charge in [-0.25, -0.2) is 4.98 Å². The van der Waals surface area contributed by atoms with E-state index in [1.165, 1.54) is 21.6 Å². The van der Waals surface area contributed by atoms with Crippen LogP contribution in [0.5, 0.6) is 11.5 Å². The summed E-state index contributed by atoms with van der Waals surface area (Å²) in [5.41, 5.74) is 6.16. The summed E-state index contributed by atoms with van der Waals surface area (Å²) >= 11 is 1.73. The molecule has 3 aliphatic rings. The van der Waals surface area contributed by atoms with E-state index in [2.05, 4.69) is 145 Å². The quantitative estimate of drug-likeness (QED) is 0.166. The Balaban J connectivity index is 0.00000378. The van der Waals surface area contributed by atoms with Crippen molar-refractivity contribution in [2.75, 3.05) is 4.90 Å². The third kappa shape index (κ3) is 5.17. The van der Waals surface area contributed by atoms with Gasteiger partial charge in [0.25, 0.3) is 0 Å². The summed E-state index contributed by atoms with van der Waals surface area (Å²) in [6.45, 7) is 17.6. The zero-order valence-corrected chi connectivity index (χ0v) is 32.1. The Labute approximate surface area is 308 Å². The molecule has 250 valence electrons. The van der Waals surface area contributed by atoms with Crippen molar-refractivity contribution in [3.8, 4) is 11.5 Å². The van der Waals surface area contributed by atoms with E-state index < -0.39 is 11.1 Å². The summed E-state index contributed by atoms with van der Waals surface area (Å²) in [7, 11) is 0. The average Bonchev–Trinajstić information content (AvgIpc) is 3.41. The van der Waals surface area contributed by atoms with Gasteiger partial charge < -0.3 is 14.4 Å². The molecule has 7 heteroatoms. The third-order valence-electron chi connectivity index (χ3n) is 10.6. The van der Waals surface area contributed by atoms with Gasteiger partial charge in [0, 0.05) is 28.0 Å². The summed E-state index contributed by atoms with van der Waals surface area (Å²) in [5, 5.41) is 0. The summed E-state index contributed by atoms with van der Waals surface area (Å²) in [6.07, 6.45) is 1.89. The summed E-state index contributed by atoms with van der Waals surface area (Å²) in [5.74, 6) is 2.62. The molecule has 2 atom stereocenters. The number of benzene rings is 4. The van der Waals surface area contributed by atoms with Crippen LogP contribution in [0.2, 0.25) is 0 Å². The molecule has 5 aromatic rings. The van der Waals surface area contributed by atoms with Crippen LogP contribution >= 0.6 is 11.8 Å². The molecular formula is C42H39N3O2PtS. The van der Waals surface area contributed by atoms with Gasteiger partial charge in [-0.05, 0) is 65.9 Å². The van der Waals surface area contributed by atoms with Crippen LogP contribution in [0.1, 0.15) is 76.3 Å². The fourth-order valence-corrected chi connectivity index (χ4v) is 8.47. The molecule has 0 saturated heterocycles. The molecule has 2 aliphatic heterocycles. The second kappa shape index (κ2) is 11.6. The van der Waals surface area contributed by atoms with Gasteiger partial charge in [0.15, 0.2) is 0 Å². The van der Waals surface area contributed by atoms with Gasteiger partial charge in [-0.3, -0.25) is 4.99 Å². The zero-order valence-electron chi connectivity index (χ0n) is 29.0. The second-order valence-corrected chi connectivity index (χ2v) is 16.0. The number of pyridine rings is 1. The number of para-hydroxylation sites is 1. The Morgan fingerprint density at radius 2 is 1.55 bits per heavy atom. The van der Waals surface area contributed by atoms with Gasteiger partial charge >= 0.3 is 21.1 Å². The zero-order chi connectivity index (χ0) is 33.6. The van der Waals surface area contributed by atoms with Crippen LogP contribution in [0.25, 0.3) is 0 Å². The Morgan fingerprint density at radius 1 is 0.816 bits per heavy atom. The molecule has 5 nitrogen and oxygen atoms in total. The van der Waals surface area contributed by atoms with E-state index in [1.807, 2.05) is 18.3 Å². The van der Waals surface area contributed by atoms with E-state index in [1.54, 1.807) is 11.8 Å². The van der Waals surface area contributed by atoms with Gasteiger partial charge in [-0.1, -0.05) is 101 Å². The van der Waals surface area contributed by atoms with Crippen molar-refractivity contribution in [1.29, 1.82) is 0 Å². The van der Waals surface area contributed by atoms with E-state index in [4.69, 9.17) is 19.5 Å². The Morgan fingerprint density at radius 3 is 2.33 bits per heavy atom. The largest absolute Gasteiger partial charge is 2.00 e. The van der Waals surface area contributed by atoms with E-state index in [0.717, 1.165) is 33.2 Å². The molecule has 0 bridgehead atoms. The number of aryl methyl sites for hydroxylation is 1. The van der Waals surface area contributed by atoms with Crippen molar-refractivity contribution in [2.24, 2.45) is 4.99 Å². The van der Waals surface area contributed by atoms with E-state index in [9.17, 15) is 0 Å². The first-order chi connectivity index (χ1) is 22.8. The SMILES string of the molecule is Cc1cc(Oc2[c-]c3c(cc2)Sc2ccccc2N3c2cc(C(C)(C)C)ccn2)[c-]c(C2=N[C@]3(C)c4ccccc4C(C)(C)[C@]3(C)O2)c1.[Pt+2]. The molecule has 0 radical (unpaired) electrons. The molecule has 1 aromatic heterocycles. The minimum Gasteiger partial charge on any atom is -0.510 e. The van der Waals surface area contributed by atoms with Gasteiger partial charge in [-0.2, -0.15) is 17.8 Å². The topological polar surface area (TPSA) is 47.0 Å². The number of fused-ring (bicyclic) bond motifs is 5. The van der Waals surface area contributed by atoms with Crippen LogP contribution < -0.4 is 9.64 Å². The normalized spacial score (nSPS) is 21.4. The smallest absolute Gasteiger partial charge is 0.510 e. The number of aliphatic imine (C=N–C) groups is 1. The van der Waals surface area contributed by atoms with Crippen molar-refractivity contribution >= 4 is 34.9 Å². The van der Waals surface area contributed by atoms with Crippen LogP contribution in [0, 0.1) is 19.1 Å². The molecule has 0 amide bonds. The number of rotatable bonds is 4. The van der Waals surface area contributed by atoms with E-state index in [-0.39, 0.29) is 31.9 Å². The molecule has 3 heterocycles. The van der Waals surface area contributed by atoms with Crippen LogP contribution in [0.4, 0.5) is 17.2 Å². The third-order valence-corrected chi connectivity index (χ3v) is 11.7. The number of hydrogen-bond acceptors (Lipinski definition) is 6. The van der Waals surface area contributed by atoms with Crippen molar-refractivity contribution < 1.29 is 30.5 Å². The summed E-state index contributed by atoms with van der Waals surface area (Å²) < 4.78 is 13.4.